The molecule has 13 heavy (non-hydrogen) atoms. The molecule has 2 heteroatoms. The maximum absolute atomic E-state index is 13.2. The van der Waals surface area contributed by atoms with Gasteiger partial charge in [-0.3, -0.25) is 0 Å². The molecule has 0 heterocycles. The Morgan fingerprint density at radius 2 is 2.15 bits per heavy atom. The fourth-order valence-corrected chi connectivity index (χ4v) is 1.19. The summed E-state index contributed by atoms with van der Waals surface area (Å²) in [5.74, 6) is 2.28. The van der Waals surface area contributed by atoms with E-state index in [1.54, 1.807) is 18.2 Å². The smallest absolute Gasteiger partial charge is 0.146 e. The van der Waals surface area contributed by atoms with Gasteiger partial charge in [0.2, 0.25) is 0 Å². The fraction of sp³-hybridized carbons (Fsp3) is 0.273. The molecule has 0 unspecified atom stereocenters. The predicted octanol–water partition coefficient (Wildman–Crippen LogP) is 2.29. The van der Waals surface area contributed by atoms with E-state index >= 15 is 0 Å². The summed E-state index contributed by atoms with van der Waals surface area (Å²) in [5.41, 5.74) is 0.572. The lowest BCUT2D eigenvalue weighted by molar-refractivity contribution is 0.622. The summed E-state index contributed by atoms with van der Waals surface area (Å²) in [6, 6.07) is 6.64. The third-order valence-electron chi connectivity index (χ3n) is 1.86. The van der Waals surface area contributed by atoms with Gasteiger partial charge in [0.15, 0.2) is 0 Å². The van der Waals surface area contributed by atoms with Crippen LogP contribution in [0.5, 0.6) is 0 Å². The van der Waals surface area contributed by atoms with Crippen LogP contribution in [0.25, 0.3) is 0 Å². The van der Waals surface area contributed by atoms with Crippen LogP contribution in [0.1, 0.15) is 6.92 Å². The van der Waals surface area contributed by atoms with Gasteiger partial charge in [-0.1, -0.05) is 18.1 Å². The minimum atomic E-state index is -0.223. The molecule has 0 fully saturated rings. The van der Waals surface area contributed by atoms with Crippen molar-refractivity contribution in [3.63, 3.8) is 0 Å². The van der Waals surface area contributed by atoms with E-state index in [0.717, 1.165) is 0 Å². The van der Waals surface area contributed by atoms with Crippen LogP contribution < -0.4 is 4.90 Å². The minimum Gasteiger partial charge on any atom is -0.358 e. The van der Waals surface area contributed by atoms with Crippen LogP contribution in [-0.2, 0) is 0 Å². The van der Waals surface area contributed by atoms with E-state index in [1.807, 2.05) is 11.8 Å². The Kier molecular flexibility index (Phi) is 3.33. The summed E-state index contributed by atoms with van der Waals surface area (Å²) < 4.78 is 13.2. The summed E-state index contributed by atoms with van der Waals surface area (Å²) in [6.07, 6.45) is 5.18. The van der Waals surface area contributed by atoms with E-state index in [2.05, 4.69) is 5.92 Å². The highest BCUT2D eigenvalue weighted by molar-refractivity contribution is 5.48. The standard InChI is InChI=1S/C11H12FN/c1-3-9-13(4-2)11-8-6-5-7-10(11)12/h1,5-8H,4,9H2,2H3. The third-order valence-corrected chi connectivity index (χ3v) is 1.86. The Bertz CT molecular complexity index is 314. The number of terminal acetylenes is 1. The van der Waals surface area contributed by atoms with Crippen LogP contribution in [0.15, 0.2) is 24.3 Å². The lowest BCUT2D eigenvalue weighted by Crippen LogP contribution is -2.23. The first kappa shape index (κ1) is 9.60. The molecule has 0 aromatic heterocycles. The maximum Gasteiger partial charge on any atom is 0.146 e. The zero-order valence-electron chi connectivity index (χ0n) is 7.63. The number of benzene rings is 1. The number of nitrogens with zero attached hydrogens (tertiary/aromatic N) is 1. The van der Waals surface area contributed by atoms with Crippen molar-refractivity contribution in [1.29, 1.82) is 0 Å². The van der Waals surface area contributed by atoms with Crippen LogP contribution in [0.2, 0.25) is 0 Å². The van der Waals surface area contributed by atoms with Gasteiger partial charge in [0.05, 0.1) is 12.2 Å². The van der Waals surface area contributed by atoms with Crippen molar-refractivity contribution in [2.75, 3.05) is 18.0 Å². The lowest BCUT2D eigenvalue weighted by Gasteiger charge is -2.20. The molecule has 1 rings (SSSR count). The molecule has 0 saturated heterocycles. The van der Waals surface area contributed by atoms with Crippen molar-refractivity contribution in [1.82, 2.24) is 0 Å². The molecule has 0 saturated carbocycles. The highest BCUT2D eigenvalue weighted by atomic mass is 19.1. The van der Waals surface area contributed by atoms with E-state index < -0.39 is 0 Å². The van der Waals surface area contributed by atoms with E-state index in [-0.39, 0.29) is 5.82 Å². The zero-order chi connectivity index (χ0) is 9.68. The monoisotopic (exact) mass is 177 g/mol. The number of para-hydroxylation sites is 1. The van der Waals surface area contributed by atoms with Crippen molar-refractivity contribution in [3.05, 3.63) is 30.1 Å². The molecule has 68 valence electrons. The number of anilines is 1. The SMILES string of the molecule is C#CCN(CC)c1ccccc1F. The molecule has 0 spiro atoms. The quantitative estimate of drug-likeness (QED) is 0.640. The Labute approximate surface area is 78.2 Å². The van der Waals surface area contributed by atoms with Gasteiger partial charge < -0.3 is 4.90 Å². The molecule has 1 nitrogen and oxygen atoms in total. The normalized spacial score (nSPS) is 9.31. The van der Waals surface area contributed by atoms with Crippen molar-refractivity contribution in [2.45, 2.75) is 6.92 Å². The summed E-state index contributed by atoms with van der Waals surface area (Å²) in [7, 11) is 0. The van der Waals surface area contributed by atoms with Gasteiger partial charge in [0.25, 0.3) is 0 Å². The zero-order valence-corrected chi connectivity index (χ0v) is 7.63. The molecule has 0 atom stereocenters. The third kappa shape index (κ3) is 2.22. The van der Waals surface area contributed by atoms with Gasteiger partial charge in [-0.05, 0) is 19.1 Å². The first-order valence-electron chi connectivity index (χ1n) is 4.22. The first-order chi connectivity index (χ1) is 6.29. The van der Waals surface area contributed by atoms with Crippen molar-refractivity contribution < 1.29 is 4.39 Å². The Balaban J connectivity index is 2.92. The van der Waals surface area contributed by atoms with Gasteiger partial charge in [-0.15, -0.1) is 6.42 Å². The van der Waals surface area contributed by atoms with Crippen LogP contribution in [0, 0.1) is 18.2 Å². The van der Waals surface area contributed by atoms with Gasteiger partial charge in [0.1, 0.15) is 5.82 Å². The Morgan fingerprint density at radius 1 is 1.46 bits per heavy atom. The van der Waals surface area contributed by atoms with E-state index in [4.69, 9.17) is 6.42 Å². The maximum atomic E-state index is 13.2. The summed E-state index contributed by atoms with van der Waals surface area (Å²) in [4.78, 5) is 1.81. The highest BCUT2D eigenvalue weighted by Crippen LogP contribution is 2.17. The molecule has 1 aromatic rings. The number of halogens is 1. The second kappa shape index (κ2) is 4.51. The van der Waals surface area contributed by atoms with Gasteiger partial charge in [-0.25, -0.2) is 4.39 Å². The molecule has 0 aliphatic carbocycles. The number of hydrogen-bond donors (Lipinski definition) is 0. The molecule has 1 aromatic carbocycles. The minimum absolute atomic E-state index is 0.223. The summed E-state index contributed by atoms with van der Waals surface area (Å²) in [5, 5.41) is 0. The molecular weight excluding hydrogens is 165 g/mol. The summed E-state index contributed by atoms with van der Waals surface area (Å²) in [6.45, 7) is 3.10. The number of hydrogen-bond acceptors (Lipinski definition) is 1. The molecule has 0 amide bonds. The average molecular weight is 177 g/mol. The van der Waals surface area contributed by atoms with Crippen LogP contribution >= 0.6 is 0 Å². The predicted molar refractivity (Wildman–Crippen MR) is 53.1 cm³/mol. The van der Waals surface area contributed by atoms with Crippen LogP contribution in [-0.4, -0.2) is 13.1 Å². The van der Waals surface area contributed by atoms with E-state index in [0.29, 0.717) is 18.8 Å². The molecule has 0 aliphatic rings. The topological polar surface area (TPSA) is 3.24 Å². The second-order valence-electron chi connectivity index (χ2n) is 2.67. The first-order valence-corrected chi connectivity index (χ1v) is 4.22. The highest BCUT2D eigenvalue weighted by Gasteiger charge is 2.06. The fourth-order valence-electron chi connectivity index (χ4n) is 1.19. The van der Waals surface area contributed by atoms with Gasteiger partial charge in [0, 0.05) is 6.54 Å². The van der Waals surface area contributed by atoms with Crippen molar-refractivity contribution >= 4 is 5.69 Å². The van der Waals surface area contributed by atoms with Crippen LogP contribution in [0.3, 0.4) is 0 Å². The average Bonchev–Trinajstić information content (AvgIpc) is 2.16. The van der Waals surface area contributed by atoms with Gasteiger partial charge >= 0.3 is 0 Å². The van der Waals surface area contributed by atoms with Gasteiger partial charge in [-0.2, -0.15) is 0 Å². The molecule has 0 radical (unpaired) electrons. The second-order valence-corrected chi connectivity index (χ2v) is 2.67. The molecule has 0 aliphatic heterocycles. The largest absolute Gasteiger partial charge is 0.358 e. The van der Waals surface area contributed by atoms with Crippen LogP contribution in [0.4, 0.5) is 10.1 Å². The molecule has 0 bridgehead atoms. The Morgan fingerprint density at radius 3 is 2.69 bits per heavy atom. The van der Waals surface area contributed by atoms with Crippen molar-refractivity contribution in [3.8, 4) is 12.3 Å². The number of rotatable bonds is 3. The van der Waals surface area contributed by atoms with E-state index in [1.165, 1.54) is 6.07 Å². The lowest BCUT2D eigenvalue weighted by atomic mass is 10.2. The Hall–Kier alpha value is -1.49. The molecular formula is C11H12FN. The van der Waals surface area contributed by atoms with E-state index in [9.17, 15) is 4.39 Å². The van der Waals surface area contributed by atoms with Crippen molar-refractivity contribution in [2.24, 2.45) is 0 Å². The summed E-state index contributed by atoms with van der Waals surface area (Å²) >= 11 is 0. The molecule has 0 N–H and O–H groups in total.